The molecule has 4 heterocycles. The quantitative estimate of drug-likeness (QED) is 0.288. The monoisotopic (exact) mass is 728 g/mol. The Morgan fingerprint density at radius 2 is 1.97 bits per heavy atom. The fourth-order valence-electron chi connectivity index (χ4n) is 4.30. The van der Waals surface area contributed by atoms with E-state index in [9.17, 15) is 0 Å². The summed E-state index contributed by atoms with van der Waals surface area (Å²) >= 11 is 0. The van der Waals surface area contributed by atoms with Crippen LogP contribution in [0.4, 0.5) is 11.6 Å². The van der Waals surface area contributed by atoms with E-state index in [0.717, 1.165) is 60.9 Å². The third-order valence-corrected chi connectivity index (χ3v) is 6.52. The van der Waals surface area contributed by atoms with E-state index < -0.39 is 0 Å². The van der Waals surface area contributed by atoms with Gasteiger partial charge in [0, 0.05) is 43.0 Å². The molecule has 0 bridgehead atoms. The molecule has 1 saturated carbocycles. The molecule has 0 aromatic carbocycles. The minimum Gasteiger partial charge on any atom is -0.378 e. The standard InChI is InChI=1S/C26H33N6O.C2H6.CH3.U/c1-4-6-7-9-20(8-5-2)21-18-24-27-23(31-13-10-22(29-31)26(3)11-12-26)19-25(32(24)28-21)30-14-16-33-17-15-30;1-2;;/h5-10,13,18-19,22,29H,3-4,11-12,14-17H2,1-2H3;1-2H3;1H3;/q-1;;-1;+2/b7-6+,8-5-,20-9+;;;. The molecule has 1 saturated heterocycles. The fraction of sp³-hybridized carbons (Fsp3) is 0.448. The van der Waals surface area contributed by atoms with E-state index in [1.165, 1.54) is 0 Å². The van der Waals surface area contributed by atoms with Gasteiger partial charge in [0.2, 0.25) is 0 Å². The second kappa shape index (κ2) is 14.3. The van der Waals surface area contributed by atoms with Crippen LogP contribution in [0.2, 0.25) is 0 Å². The van der Waals surface area contributed by atoms with E-state index in [-0.39, 0.29) is 50.0 Å². The van der Waals surface area contributed by atoms with Gasteiger partial charge >= 0.3 is 31.1 Å². The number of allylic oxidation sites excluding steroid dienone is 6. The van der Waals surface area contributed by atoms with Crippen molar-refractivity contribution in [1.29, 1.82) is 0 Å². The van der Waals surface area contributed by atoms with Crippen LogP contribution in [0.15, 0.2) is 54.8 Å². The number of nitrogens with zero attached hydrogens (tertiary/aromatic N) is 5. The normalized spacial score (nSPS) is 20.7. The third kappa shape index (κ3) is 7.17. The number of morpholine rings is 1. The number of hydrazine groups is 1. The summed E-state index contributed by atoms with van der Waals surface area (Å²) in [5.41, 5.74) is 6.50. The van der Waals surface area contributed by atoms with Crippen LogP contribution in [-0.4, -0.2) is 46.9 Å². The molecule has 2 aromatic heterocycles. The maximum atomic E-state index is 5.60. The van der Waals surface area contributed by atoms with E-state index >= 15 is 0 Å². The number of aromatic nitrogens is 3. The summed E-state index contributed by atoms with van der Waals surface area (Å²) in [5, 5.41) is 7.00. The molecule has 0 spiro atoms. The van der Waals surface area contributed by atoms with Crippen molar-refractivity contribution >= 4 is 22.9 Å². The van der Waals surface area contributed by atoms with E-state index in [0.29, 0.717) is 13.2 Å². The SMILES string of the molecule is CC.[CH2-]C1(C2C=CN(c3cc(N4CCOCC4)n4nc(C(/C=C\C)=C/C=C/CC)cc4n3)N2)CC1.[CH3-].[U+2]. The molecular formula is C29H42N6OU. The molecule has 1 unspecified atom stereocenters. The van der Waals surface area contributed by atoms with Gasteiger partial charge in [-0.15, -0.1) is 5.41 Å². The van der Waals surface area contributed by atoms with E-state index in [4.69, 9.17) is 14.8 Å². The minimum absolute atomic E-state index is 0. The third-order valence-electron chi connectivity index (χ3n) is 6.52. The number of ether oxygens (including phenoxy) is 1. The van der Waals surface area contributed by atoms with Gasteiger partial charge in [-0.05, 0) is 19.4 Å². The van der Waals surface area contributed by atoms with Gasteiger partial charge in [-0.3, -0.25) is 5.01 Å². The Bertz CT molecular complexity index is 1120. The Morgan fingerprint density at radius 3 is 2.62 bits per heavy atom. The average molecular weight is 729 g/mol. The number of nitrogens with one attached hydrogen (secondary N) is 1. The Kier molecular flexibility index (Phi) is 12.2. The van der Waals surface area contributed by atoms with E-state index in [2.05, 4.69) is 72.9 Å². The summed E-state index contributed by atoms with van der Waals surface area (Å²) < 4.78 is 7.56. The van der Waals surface area contributed by atoms with Gasteiger partial charge in [0.15, 0.2) is 11.5 Å². The molecule has 37 heavy (non-hydrogen) atoms. The van der Waals surface area contributed by atoms with Gasteiger partial charge in [0.1, 0.15) is 5.82 Å². The zero-order chi connectivity index (χ0) is 24.8. The number of hydrogen-bond donors (Lipinski definition) is 1. The molecule has 3 aliphatic rings. The molecule has 1 N–H and O–H groups in total. The van der Waals surface area contributed by atoms with Crippen LogP contribution in [0.5, 0.6) is 0 Å². The molecule has 2 fully saturated rings. The molecule has 7 nitrogen and oxygen atoms in total. The molecule has 2 aromatic rings. The molecule has 0 radical (unpaired) electrons. The van der Waals surface area contributed by atoms with Crippen molar-refractivity contribution in [2.45, 2.75) is 53.0 Å². The van der Waals surface area contributed by atoms with Gasteiger partial charge in [-0.25, -0.2) is 10.4 Å². The first-order valence-electron chi connectivity index (χ1n) is 12.9. The number of fused-ring (bicyclic) bond motifs is 1. The van der Waals surface area contributed by atoms with Crippen molar-refractivity contribution in [1.82, 2.24) is 20.0 Å². The fourth-order valence-corrected chi connectivity index (χ4v) is 4.30. The number of anilines is 2. The first kappa shape index (κ1) is 31.4. The van der Waals surface area contributed by atoms with Crippen LogP contribution in [0.3, 0.4) is 0 Å². The maximum Gasteiger partial charge on any atom is 2.00 e. The Labute approximate surface area is 247 Å². The van der Waals surface area contributed by atoms with E-state index in [1.807, 2.05) is 36.4 Å². The molecule has 2 aliphatic heterocycles. The molecule has 1 aliphatic carbocycles. The van der Waals surface area contributed by atoms with Crippen LogP contribution in [0.25, 0.3) is 11.2 Å². The van der Waals surface area contributed by atoms with Crippen molar-refractivity contribution in [3.8, 4) is 0 Å². The molecule has 5 rings (SSSR count). The largest absolute Gasteiger partial charge is 2.00 e. The van der Waals surface area contributed by atoms with Crippen molar-refractivity contribution in [2.24, 2.45) is 5.41 Å². The Hall–Kier alpha value is -1.85. The zero-order valence-electron chi connectivity index (χ0n) is 23.1. The Balaban J connectivity index is 0.00000118. The van der Waals surface area contributed by atoms with Gasteiger partial charge < -0.3 is 24.0 Å². The predicted molar refractivity (Wildman–Crippen MR) is 152 cm³/mol. The van der Waals surface area contributed by atoms with Crippen LogP contribution in [0.1, 0.15) is 52.7 Å². The van der Waals surface area contributed by atoms with Crippen molar-refractivity contribution < 1.29 is 35.9 Å². The molecular weight excluding hydrogens is 686 g/mol. The maximum absolute atomic E-state index is 5.60. The topological polar surface area (TPSA) is 57.9 Å². The summed E-state index contributed by atoms with van der Waals surface area (Å²) in [6.07, 6.45) is 18.1. The molecule has 1 atom stereocenters. The van der Waals surface area contributed by atoms with Crippen LogP contribution in [-0.2, 0) is 4.74 Å². The molecule has 0 amide bonds. The average Bonchev–Trinajstić information content (AvgIpc) is 3.28. The van der Waals surface area contributed by atoms with Crippen LogP contribution in [0, 0.1) is 50.9 Å². The van der Waals surface area contributed by atoms with Gasteiger partial charge in [-0.1, -0.05) is 64.0 Å². The summed E-state index contributed by atoms with van der Waals surface area (Å²) in [4.78, 5) is 7.30. The molecule has 8 heteroatoms. The zero-order valence-corrected chi connectivity index (χ0v) is 27.2. The van der Waals surface area contributed by atoms with Gasteiger partial charge in [0.25, 0.3) is 0 Å². The first-order valence-corrected chi connectivity index (χ1v) is 12.9. The van der Waals surface area contributed by atoms with Crippen LogP contribution < -0.4 is 15.3 Å². The summed E-state index contributed by atoms with van der Waals surface area (Å²) in [7, 11) is 0. The van der Waals surface area contributed by atoms with Gasteiger partial charge in [0.05, 0.1) is 18.9 Å². The van der Waals surface area contributed by atoms with E-state index in [1.54, 1.807) is 0 Å². The van der Waals surface area contributed by atoms with Crippen molar-refractivity contribution in [3.05, 3.63) is 74.8 Å². The number of hydrogen-bond acceptors (Lipinski definition) is 6. The van der Waals surface area contributed by atoms with Crippen molar-refractivity contribution in [3.63, 3.8) is 0 Å². The second-order valence-corrected chi connectivity index (χ2v) is 9.01. The number of rotatable bonds is 7. The van der Waals surface area contributed by atoms with Crippen molar-refractivity contribution in [2.75, 3.05) is 36.2 Å². The minimum atomic E-state index is 0. The summed E-state index contributed by atoms with van der Waals surface area (Å²) in [5.74, 6) is 1.89. The summed E-state index contributed by atoms with van der Waals surface area (Å²) in [6, 6.07) is 4.44. The smallest absolute Gasteiger partial charge is 0.378 e. The predicted octanol–water partition coefficient (Wildman–Crippen LogP) is 5.79. The van der Waals surface area contributed by atoms with Gasteiger partial charge in [-0.2, -0.15) is 9.61 Å². The van der Waals surface area contributed by atoms with Crippen LogP contribution >= 0.6 is 0 Å². The first-order chi connectivity index (χ1) is 17.1. The Morgan fingerprint density at radius 1 is 1.24 bits per heavy atom. The second-order valence-electron chi connectivity index (χ2n) is 9.01. The molecule has 198 valence electrons. The summed E-state index contributed by atoms with van der Waals surface area (Å²) in [6.45, 7) is 15.6.